The number of rotatable bonds is 3. The molecule has 0 radical (unpaired) electrons. The van der Waals surface area contributed by atoms with Crippen LogP contribution in [0.5, 0.6) is 0 Å². The number of hydrogen-bond acceptors (Lipinski definition) is 3. The first-order chi connectivity index (χ1) is 11.3. The second-order valence-electron chi connectivity index (χ2n) is 5.35. The van der Waals surface area contributed by atoms with Gasteiger partial charge in [-0.15, -0.1) is 0 Å². The van der Waals surface area contributed by atoms with E-state index in [0.717, 1.165) is 34.4 Å². The summed E-state index contributed by atoms with van der Waals surface area (Å²) in [6.45, 7) is 1.01. The van der Waals surface area contributed by atoms with E-state index in [1.165, 1.54) is 0 Å². The molecule has 114 valence electrons. The van der Waals surface area contributed by atoms with Crippen LogP contribution in [-0.2, 0) is 6.54 Å². The standard InChI is InChI=1S/C18H15N3OS/c22-17(13-5-2-1-3-6-13)19-15-8-4-7-14(11-15)16-12-21-9-10-23-18(21)20-16/h1-8,11-12H,9-10H2,(H,19,22). The number of aromatic nitrogens is 2. The van der Waals surface area contributed by atoms with Gasteiger partial charge in [-0.05, 0) is 24.3 Å². The Balaban J connectivity index is 1.57. The van der Waals surface area contributed by atoms with E-state index < -0.39 is 0 Å². The highest BCUT2D eigenvalue weighted by Gasteiger charge is 2.15. The Kier molecular flexibility index (Phi) is 3.63. The summed E-state index contributed by atoms with van der Waals surface area (Å²) in [5.74, 6) is 0.987. The molecule has 1 aromatic heterocycles. The number of anilines is 1. The molecule has 4 nitrogen and oxygen atoms in total. The van der Waals surface area contributed by atoms with Crippen LogP contribution in [0.25, 0.3) is 11.3 Å². The second-order valence-corrected chi connectivity index (χ2v) is 6.41. The van der Waals surface area contributed by atoms with E-state index in [9.17, 15) is 4.79 Å². The minimum Gasteiger partial charge on any atom is -0.325 e. The van der Waals surface area contributed by atoms with Crippen LogP contribution in [0.1, 0.15) is 10.4 Å². The molecular formula is C18H15N3OS. The largest absolute Gasteiger partial charge is 0.325 e. The number of carbonyl (C=O) groups excluding carboxylic acids is 1. The molecule has 0 aliphatic carbocycles. The van der Waals surface area contributed by atoms with E-state index in [1.54, 1.807) is 23.9 Å². The molecular weight excluding hydrogens is 306 g/mol. The summed E-state index contributed by atoms with van der Waals surface area (Å²) in [5.41, 5.74) is 3.38. The molecule has 23 heavy (non-hydrogen) atoms. The lowest BCUT2D eigenvalue weighted by molar-refractivity contribution is 0.102. The van der Waals surface area contributed by atoms with Crippen molar-refractivity contribution in [1.82, 2.24) is 9.55 Å². The third kappa shape index (κ3) is 2.87. The Labute approximate surface area is 138 Å². The van der Waals surface area contributed by atoms with Gasteiger partial charge in [-0.3, -0.25) is 4.79 Å². The van der Waals surface area contributed by atoms with E-state index in [1.807, 2.05) is 42.5 Å². The van der Waals surface area contributed by atoms with Crippen molar-refractivity contribution < 1.29 is 4.79 Å². The molecule has 1 aliphatic heterocycles. The lowest BCUT2D eigenvalue weighted by atomic mass is 10.1. The molecule has 0 bridgehead atoms. The highest BCUT2D eigenvalue weighted by molar-refractivity contribution is 7.99. The zero-order valence-corrected chi connectivity index (χ0v) is 13.2. The number of carbonyl (C=O) groups is 1. The average molecular weight is 321 g/mol. The van der Waals surface area contributed by atoms with Crippen LogP contribution in [0.4, 0.5) is 5.69 Å². The predicted octanol–water partition coefficient (Wildman–Crippen LogP) is 3.91. The van der Waals surface area contributed by atoms with Crippen LogP contribution in [0.3, 0.4) is 0 Å². The smallest absolute Gasteiger partial charge is 0.255 e. The molecule has 1 N–H and O–H groups in total. The number of nitrogens with one attached hydrogen (secondary N) is 1. The van der Waals surface area contributed by atoms with Gasteiger partial charge in [0.25, 0.3) is 5.91 Å². The van der Waals surface area contributed by atoms with Gasteiger partial charge in [0.05, 0.1) is 5.69 Å². The normalized spacial score (nSPS) is 12.9. The maximum Gasteiger partial charge on any atom is 0.255 e. The summed E-state index contributed by atoms with van der Waals surface area (Å²) in [5, 5.41) is 4.01. The zero-order chi connectivity index (χ0) is 15.6. The zero-order valence-electron chi connectivity index (χ0n) is 12.4. The van der Waals surface area contributed by atoms with E-state index in [4.69, 9.17) is 0 Å². The van der Waals surface area contributed by atoms with Gasteiger partial charge in [0.15, 0.2) is 5.16 Å². The monoisotopic (exact) mass is 321 g/mol. The van der Waals surface area contributed by atoms with Crippen LogP contribution in [0, 0.1) is 0 Å². The number of fused-ring (bicyclic) bond motifs is 1. The number of nitrogens with zero attached hydrogens (tertiary/aromatic N) is 2. The Morgan fingerprint density at radius 2 is 2.00 bits per heavy atom. The Morgan fingerprint density at radius 3 is 2.83 bits per heavy atom. The van der Waals surface area contributed by atoms with Gasteiger partial charge >= 0.3 is 0 Å². The van der Waals surface area contributed by atoms with Gasteiger partial charge in [-0.25, -0.2) is 4.98 Å². The Hall–Kier alpha value is -2.53. The average Bonchev–Trinajstić information content (AvgIpc) is 3.17. The molecule has 1 amide bonds. The first kappa shape index (κ1) is 14.1. The number of thioether (sulfide) groups is 1. The fourth-order valence-corrected chi connectivity index (χ4v) is 3.54. The molecule has 2 aromatic carbocycles. The summed E-state index contributed by atoms with van der Waals surface area (Å²) in [7, 11) is 0. The molecule has 4 rings (SSSR count). The summed E-state index contributed by atoms with van der Waals surface area (Å²) < 4.78 is 2.18. The first-order valence-corrected chi connectivity index (χ1v) is 8.45. The highest BCUT2D eigenvalue weighted by Crippen LogP contribution is 2.29. The SMILES string of the molecule is O=C(Nc1cccc(-c2cn3c(n2)SCC3)c1)c1ccccc1. The van der Waals surface area contributed by atoms with E-state index in [-0.39, 0.29) is 5.91 Å². The van der Waals surface area contributed by atoms with Crippen molar-refractivity contribution in [2.75, 3.05) is 11.1 Å². The maximum atomic E-state index is 12.2. The Bertz CT molecular complexity index is 836. The van der Waals surface area contributed by atoms with Gasteiger partial charge < -0.3 is 9.88 Å². The fraction of sp³-hybridized carbons (Fsp3) is 0.111. The molecule has 0 saturated heterocycles. The second kappa shape index (κ2) is 5.93. The quantitative estimate of drug-likeness (QED) is 0.795. The lowest BCUT2D eigenvalue weighted by Gasteiger charge is -2.06. The molecule has 0 saturated carbocycles. The third-order valence-corrected chi connectivity index (χ3v) is 4.73. The number of imidazole rings is 1. The van der Waals surface area contributed by atoms with Crippen molar-refractivity contribution in [2.45, 2.75) is 11.7 Å². The summed E-state index contributed by atoms with van der Waals surface area (Å²) in [4.78, 5) is 16.9. The summed E-state index contributed by atoms with van der Waals surface area (Å²) >= 11 is 1.78. The van der Waals surface area contributed by atoms with Crippen LogP contribution >= 0.6 is 11.8 Å². The molecule has 5 heteroatoms. The molecule has 1 aliphatic rings. The number of amides is 1. The predicted molar refractivity (Wildman–Crippen MR) is 92.8 cm³/mol. The lowest BCUT2D eigenvalue weighted by Crippen LogP contribution is -2.11. The molecule has 0 unspecified atom stereocenters. The molecule has 0 atom stereocenters. The van der Waals surface area contributed by atoms with Crippen molar-refractivity contribution >= 4 is 23.4 Å². The molecule has 3 aromatic rings. The van der Waals surface area contributed by atoms with Crippen molar-refractivity contribution in [3.8, 4) is 11.3 Å². The number of hydrogen-bond donors (Lipinski definition) is 1. The Morgan fingerprint density at radius 1 is 1.13 bits per heavy atom. The van der Waals surface area contributed by atoms with Gasteiger partial charge in [-0.1, -0.05) is 42.1 Å². The van der Waals surface area contributed by atoms with Gasteiger partial charge in [-0.2, -0.15) is 0 Å². The van der Waals surface area contributed by atoms with Gasteiger partial charge in [0.2, 0.25) is 0 Å². The van der Waals surface area contributed by atoms with Crippen molar-refractivity contribution in [3.05, 3.63) is 66.4 Å². The van der Waals surface area contributed by atoms with Gasteiger partial charge in [0.1, 0.15) is 0 Å². The van der Waals surface area contributed by atoms with Crippen molar-refractivity contribution in [3.63, 3.8) is 0 Å². The molecule has 0 spiro atoms. The topological polar surface area (TPSA) is 46.9 Å². The first-order valence-electron chi connectivity index (χ1n) is 7.46. The minimum absolute atomic E-state index is 0.106. The minimum atomic E-state index is -0.106. The summed E-state index contributed by atoms with van der Waals surface area (Å²) in [6, 6.07) is 17.0. The maximum absolute atomic E-state index is 12.2. The van der Waals surface area contributed by atoms with Crippen LogP contribution in [-0.4, -0.2) is 21.2 Å². The van der Waals surface area contributed by atoms with Gasteiger partial charge in [0, 0.05) is 35.3 Å². The van der Waals surface area contributed by atoms with Crippen molar-refractivity contribution in [2.24, 2.45) is 0 Å². The van der Waals surface area contributed by atoms with Crippen molar-refractivity contribution in [1.29, 1.82) is 0 Å². The third-order valence-electron chi connectivity index (χ3n) is 3.76. The molecule has 0 fully saturated rings. The molecule has 2 heterocycles. The summed E-state index contributed by atoms with van der Waals surface area (Å²) in [6.07, 6.45) is 2.08. The number of aryl methyl sites for hydroxylation is 1. The van der Waals surface area contributed by atoms with E-state index in [0.29, 0.717) is 5.56 Å². The highest BCUT2D eigenvalue weighted by atomic mass is 32.2. The van der Waals surface area contributed by atoms with Crippen LogP contribution in [0.2, 0.25) is 0 Å². The fourth-order valence-electron chi connectivity index (χ4n) is 2.60. The van der Waals surface area contributed by atoms with Crippen LogP contribution in [0.15, 0.2) is 66.0 Å². The van der Waals surface area contributed by atoms with E-state index in [2.05, 4.69) is 21.1 Å². The van der Waals surface area contributed by atoms with Crippen LogP contribution < -0.4 is 5.32 Å². The van der Waals surface area contributed by atoms with E-state index >= 15 is 0 Å². The number of benzene rings is 2.